The molecule has 1 atom stereocenters. The number of hydrogen-bond acceptors (Lipinski definition) is 4. The number of benzene rings is 2. The Morgan fingerprint density at radius 3 is 2.60 bits per heavy atom. The van der Waals surface area contributed by atoms with Crippen LogP contribution < -0.4 is 5.32 Å². The number of rotatable bonds is 4. The zero-order valence-corrected chi connectivity index (χ0v) is 11.0. The molecule has 5 nitrogen and oxygen atoms in total. The summed E-state index contributed by atoms with van der Waals surface area (Å²) in [7, 11) is 1.18. The summed E-state index contributed by atoms with van der Waals surface area (Å²) < 4.78 is 4.37. The van der Waals surface area contributed by atoms with Crippen molar-refractivity contribution < 1.29 is 19.4 Å². The molecule has 1 amide bonds. The number of nitrogens with one attached hydrogen (secondary N) is 1. The Morgan fingerprint density at radius 2 is 1.90 bits per heavy atom. The van der Waals surface area contributed by atoms with Crippen molar-refractivity contribution >= 4 is 22.6 Å². The lowest BCUT2D eigenvalue weighted by atomic mass is 10.1. The normalized spacial score (nSPS) is 11.9. The number of carbonyl (C=O) groups excluding carboxylic acids is 2. The summed E-state index contributed by atoms with van der Waals surface area (Å²) in [5.74, 6) is -1.12. The Labute approximate surface area is 116 Å². The monoisotopic (exact) mass is 273 g/mol. The molecule has 2 N–H and O–H groups in total. The first-order valence-corrected chi connectivity index (χ1v) is 6.14. The molecule has 2 rings (SSSR count). The summed E-state index contributed by atoms with van der Waals surface area (Å²) >= 11 is 0. The van der Waals surface area contributed by atoms with Gasteiger partial charge in [-0.3, -0.25) is 4.79 Å². The molecular formula is C15H15NO4. The maximum atomic E-state index is 11.9. The third-order valence-corrected chi connectivity index (χ3v) is 2.94. The highest BCUT2D eigenvalue weighted by Gasteiger charge is 2.16. The molecule has 1 unspecified atom stereocenters. The molecule has 0 bridgehead atoms. The first kappa shape index (κ1) is 14.0. The van der Waals surface area contributed by atoms with Gasteiger partial charge in [0.25, 0.3) is 5.91 Å². The molecule has 0 radical (unpaired) electrons. The van der Waals surface area contributed by atoms with E-state index in [4.69, 9.17) is 0 Å². The first-order valence-electron chi connectivity index (χ1n) is 6.14. The largest absolute Gasteiger partial charge is 0.467 e. The van der Waals surface area contributed by atoms with Crippen LogP contribution in [-0.4, -0.2) is 36.7 Å². The lowest BCUT2D eigenvalue weighted by molar-refractivity contribution is -0.149. The fourth-order valence-corrected chi connectivity index (χ4v) is 1.84. The molecule has 20 heavy (non-hydrogen) atoms. The highest BCUT2D eigenvalue weighted by atomic mass is 16.5. The van der Waals surface area contributed by atoms with Crippen LogP contribution in [0.15, 0.2) is 42.5 Å². The zero-order chi connectivity index (χ0) is 14.5. The van der Waals surface area contributed by atoms with Crippen molar-refractivity contribution in [3.05, 3.63) is 48.0 Å². The second kappa shape index (κ2) is 6.16. The fourth-order valence-electron chi connectivity index (χ4n) is 1.84. The molecule has 0 fully saturated rings. The molecule has 5 heteroatoms. The molecule has 2 aromatic carbocycles. The number of carbonyl (C=O) groups is 2. The van der Waals surface area contributed by atoms with Crippen LogP contribution in [0, 0.1) is 0 Å². The topological polar surface area (TPSA) is 75.6 Å². The molecule has 0 aliphatic heterocycles. The Kier molecular flexibility index (Phi) is 4.32. The lowest BCUT2D eigenvalue weighted by Crippen LogP contribution is -2.37. The van der Waals surface area contributed by atoms with E-state index in [1.165, 1.54) is 7.11 Å². The van der Waals surface area contributed by atoms with E-state index >= 15 is 0 Å². The number of aliphatic hydroxyl groups is 1. The highest BCUT2D eigenvalue weighted by molar-refractivity contribution is 5.98. The highest BCUT2D eigenvalue weighted by Crippen LogP contribution is 2.15. The van der Waals surface area contributed by atoms with Gasteiger partial charge in [-0.25, -0.2) is 4.79 Å². The van der Waals surface area contributed by atoms with E-state index < -0.39 is 12.1 Å². The van der Waals surface area contributed by atoms with Crippen LogP contribution in [0.1, 0.15) is 10.4 Å². The van der Waals surface area contributed by atoms with Crippen molar-refractivity contribution in [2.45, 2.75) is 6.10 Å². The second-order valence-electron chi connectivity index (χ2n) is 4.31. The molecule has 0 heterocycles. The van der Waals surface area contributed by atoms with Gasteiger partial charge in [0.05, 0.1) is 13.7 Å². The van der Waals surface area contributed by atoms with Gasteiger partial charge in [0, 0.05) is 5.56 Å². The average Bonchev–Trinajstić information content (AvgIpc) is 2.50. The van der Waals surface area contributed by atoms with Crippen LogP contribution in [0.2, 0.25) is 0 Å². The number of amides is 1. The molecule has 0 spiro atoms. The van der Waals surface area contributed by atoms with Gasteiger partial charge < -0.3 is 15.2 Å². The first-order chi connectivity index (χ1) is 9.61. The quantitative estimate of drug-likeness (QED) is 0.818. The summed E-state index contributed by atoms with van der Waals surface area (Å²) in [6.45, 7) is -0.182. The number of fused-ring (bicyclic) bond motifs is 1. The van der Waals surface area contributed by atoms with Crippen LogP contribution in [-0.2, 0) is 9.53 Å². The summed E-state index contributed by atoms with van der Waals surface area (Å²) in [4.78, 5) is 22.9. The molecule has 0 saturated carbocycles. The van der Waals surface area contributed by atoms with Gasteiger partial charge in [-0.2, -0.15) is 0 Å². The number of hydrogen-bond donors (Lipinski definition) is 2. The molecule has 2 aromatic rings. The molecule has 0 saturated heterocycles. The zero-order valence-electron chi connectivity index (χ0n) is 11.0. The Hall–Kier alpha value is -2.40. The van der Waals surface area contributed by atoms with E-state index in [1.54, 1.807) is 12.1 Å². The fraction of sp³-hybridized carbons (Fsp3) is 0.200. The van der Waals surface area contributed by atoms with Crippen molar-refractivity contribution in [3.63, 3.8) is 0 Å². The van der Waals surface area contributed by atoms with Gasteiger partial charge in [-0.05, 0) is 22.9 Å². The van der Waals surface area contributed by atoms with E-state index in [-0.39, 0.29) is 12.5 Å². The molecular weight excluding hydrogens is 258 g/mol. The minimum absolute atomic E-state index is 0.182. The van der Waals surface area contributed by atoms with E-state index in [2.05, 4.69) is 10.1 Å². The van der Waals surface area contributed by atoms with Crippen molar-refractivity contribution in [1.82, 2.24) is 5.32 Å². The molecule has 0 aliphatic rings. The number of esters is 1. The van der Waals surface area contributed by atoms with Crippen molar-refractivity contribution in [3.8, 4) is 0 Å². The van der Waals surface area contributed by atoms with Gasteiger partial charge >= 0.3 is 5.97 Å². The smallest absolute Gasteiger partial charge is 0.336 e. The van der Waals surface area contributed by atoms with Gasteiger partial charge in [-0.15, -0.1) is 0 Å². The van der Waals surface area contributed by atoms with Crippen LogP contribution >= 0.6 is 0 Å². The summed E-state index contributed by atoms with van der Waals surface area (Å²) in [5, 5.41) is 13.9. The van der Waals surface area contributed by atoms with E-state index in [1.807, 2.05) is 30.3 Å². The third kappa shape index (κ3) is 3.13. The van der Waals surface area contributed by atoms with Gasteiger partial charge in [0.1, 0.15) is 0 Å². The molecule has 0 aliphatic carbocycles. The summed E-state index contributed by atoms with van der Waals surface area (Å²) in [5.41, 5.74) is 0.473. The predicted octanol–water partition coefficient (Wildman–Crippen LogP) is 1.10. The van der Waals surface area contributed by atoms with Gasteiger partial charge in [-0.1, -0.05) is 30.3 Å². The Bertz CT molecular complexity index is 639. The number of ether oxygens (including phenoxy) is 1. The maximum absolute atomic E-state index is 11.9. The van der Waals surface area contributed by atoms with Crippen molar-refractivity contribution in [2.75, 3.05) is 13.7 Å². The predicted molar refractivity (Wildman–Crippen MR) is 74.3 cm³/mol. The van der Waals surface area contributed by atoms with E-state index in [0.29, 0.717) is 5.56 Å². The maximum Gasteiger partial charge on any atom is 0.336 e. The van der Waals surface area contributed by atoms with E-state index in [9.17, 15) is 14.7 Å². The summed E-state index contributed by atoms with van der Waals surface area (Å²) in [6, 6.07) is 13.0. The standard InChI is InChI=1S/C15H15NO4/c1-20-15(19)13(17)9-16-14(18)12-7-6-10-4-2-3-5-11(10)8-12/h2-8,13,17H,9H2,1H3,(H,16,18). The van der Waals surface area contributed by atoms with Crippen LogP contribution in [0.4, 0.5) is 0 Å². The van der Waals surface area contributed by atoms with E-state index in [0.717, 1.165) is 10.8 Å². The van der Waals surface area contributed by atoms with Crippen LogP contribution in [0.25, 0.3) is 10.8 Å². The second-order valence-corrected chi connectivity index (χ2v) is 4.31. The van der Waals surface area contributed by atoms with Gasteiger partial charge in [0.2, 0.25) is 0 Å². The van der Waals surface area contributed by atoms with Crippen molar-refractivity contribution in [1.29, 1.82) is 0 Å². The Balaban J connectivity index is 2.06. The number of aliphatic hydroxyl groups excluding tert-OH is 1. The lowest BCUT2D eigenvalue weighted by Gasteiger charge is -2.10. The van der Waals surface area contributed by atoms with Crippen LogP contribution in [0.3, 0.4) is 0 Å². The Morgan fingerprint density at radius 1 is 1.20 bits per heavy atom. The third-order valence-electron chi connectivity index (χ3n) is 2.94. The van der Waals surface area contributed by atoms with Gasteiger partial charge in [0.15, 0.2) is 6.10 Å². The summed E-state index contributed by atoms with van der Waals surface area (Å²) in [6.07, 6.45) is -1.36. The van der Waals surface area contributed by atoms with Crippen molar-refractivity contribution in [2.24, 2.45) is 0 Å². The SMILES string of the molecule is COC(=O)C(O)CNC(=O)c1ccc2ccccc2c1. The minimum atomic E-state index is -1.36. The molecule has 0 aromatic heterocycles. The number of methoxy groups -OCH3 is 1. The van der Waals surface area contributed by atoms with Crippen LogP contribution in [0.5, 0.6) is 0 Å². The average molecular weight is 273 g/mol. The molecule has 104 valence electrons. The minimum Gasteiger partial charge on any atom is -0.467 e.